The maximum Gasteiger partial charge on any atom is 0.0343 e. The third-order valence-corrected chi connectivity index (χ3v) is 4.07. The normalized spacial score (nSPS) is 14.2. The van der Waals surface area contributed by atoms with Crippen molar-refractivity contribution in [2.45, 2.75) is 79.3 Å². The van der Waals surface area contributed by atoms with Crippen molar-refractivity contribution in [3.05, 3.63) is 24.3 Å². The van der Waals surface area contributed by atoms with E-state index >= 15 is 0 Å². The second kappa shape index (κ2) is 9.76. The summed E-state index contributed by atoms with van der Waals surface area (Å²) in [5.41, 5.74) is 2.44. The Hall–Kier alpha value is -1.18. The van der Waals surface area contributed by atoms with Gasteiger partial charge in [-0.05, 0) is 75.6 Å². The lowest BCUT2D eigenvalue weighted by Gasteiger charge is -2.18. The highest BCUT2D eigenvalue weighted by Crippen LogP contribution is 2.18. The summed E-state index contributed by atoms with van der Waals surface area (Å²) in [7, 11) is 0. The summed E-state index contributed by atoms with van der Waals surface area (Å²) >= 11 is 0. The molecule has 2 N–H and O–H groups in total. The first kappa shape index (κ1) is 18.9. The van der Waals surface area contributed by atoms with Crippen molar-refractivity contribution in [3.63, 3.8) is 0 Å². The van der Waals surface area contributed by atoms with Crippen molar-refractivity contribution in [1.29, 1.82) is 0 Å². The van der Waals surface area contributed by atoms with Gasteiger partial charge in [0.15, 0.2) is 0 Å². The lowest BCUT2D eigenvalue weighted by molar-refractivity contribution is 0.527. The molecular formula is C20H36N2. The highest BCUT2D eigenvalue weighted by Gasteiger charge is 2.06. The molecule has 0 aliphatic rings. The molecule has 22 heavy (non-hydrogen) atoms. The lowest BCUT2D eigenvalue weighted by atomic mass is 10.0. The number of anilines is 2. The monoisotopic (exact) mass is 304 g/mol. The molecule has 0 aliphatic carbocycles. The van der Waals surface area contributed by atoms with Crippen LogP contribution in [0.1, 0.15) is 67.2 Å². The van der Waals surface area contributed by atoms with Crippen molar-refractivity contribution < 1.29 is 0 Å². The molecule has 126 valence electrons. The van der Waals surface area contributed by atoms with Gasteiger partial charge in [-0.1, -0.05) is 27.7 Å². The minimum atomic E-state index is 0.533. The Morgan fingerprint density at radius 3 is 1.18 bits per heavy atom. The van der Waals surface area contributed by atoms with Crippen LogP contribution in [0.2, 0.25) is 0 Å². The number of hydrogen-bond donors (Lipinski definition) is 2. The van der Waals surface area contributed by atoms with E-state index in [1.54, 1.807) is 0 Å². The van der Waals surface area contributed by atoms with Crippen LogP contribution in [-0.2, 0) is 0 Å². The van der Waals surface area contributed by atoms with E-state index in [4.69, 9.17) is 0 Å². The quantitative estimate of drug-likeness (QED) is 0.541. The summed E-state index contributed by atoms with van der Waals surface area (Å²) in [5.74, 6) is 1.56. The molecular weight excluding hydrogens is 268 g/mol. The second-order valence-corrected chi connectivity index (χ2v) is 7.61. The lowest BCUT2D eigenvalue weighted by Crippen LogP contribution is -2.17. The molecule has 2 atom stereocenters. The zero-order valence-corrected chi connectivity index (χ0v) is 15.4. The van der Waals surface area contributed by atoms with Gasteiger partial charge in [0.1, 0.15) is 0 Å². The van der Waals surface area contributed by atoms with E-state index in [9.17, 15) is 0 Å². The van der Waals surface area contributed by atoms with E-state index in [1.807, 2.05) is 0 Å². The van der Waals surface area contributed by atoms with E-state index < -0.39 is 0 Å². The molecule has 0 saturated carbocycles. The molecule has 0 fully saturated rings. The highest BCUT2D eigenvalue weighted by atomic mass is 14.9. The Bertz CT molecular complexity index is 356. The highest BCUT2D eigenvalue weighted by molar-refractivity contribution is 5.54. The Balaban J connectivity index is 2.39. The number of hydrogen-bond acceptors (Lipinski definition) is 2. The van der Waals surface area contributed by atoms with Crippen molar-refractivity contribution in [1.82, 2.24) is 0 Å². The Kier molecular flexibility index (Phi) is 8.37. The third kappa shape index (κ3) is 8.31. The van der Waals surface area contributed by atoms with Crippen LogP contribution in [0, 0.1) is 11.8 Å². The van der Waals surface area contributed by atoms with Crippen molar-refractivity contribution >= 4 is 11.4 Å². The second-order valence-electron chi connectivity index (χ2n) is 7.61. The van der Waals surface area contributed by atoms with Gasteiger partial charge in [-0.2, -0.15) is 0 Å². The summed E-state index contributed by atoms with van der Waals surface area (Å²) in [6, 6.07) is 9.80. The van der Waals surface area contributed by atoms with Crippen molar-refractivity contribution in [2.75, 3.05) is 10.6 Å². The van der Waals surface area contributed by atoms with Gasteiger partial charge in [0.2, 0.25) is 0 Å². The van der Waals surface area contributed by atoms with Crippen LogP contribution >= 0.6 is 0 Å². The minimum Gasteiger partial charge on any atom is -0.383 e. The van der Waals surface area contributed by atoms with E-state index in [-0.39, 0.29) is 0 Å². The molecule has 0 bridgehead atoms. The first-order valence-corrected chi connectivity index (χ1v) is 9.00. The van der Waals surface area contributed by atoms with Crippen LogP contribution in [0.15, 0.2) is 24.3 Å². The molecule has 2 heteroatoms. The average Bonchev–Trinajstić information content (AvgIpc) is 2.45. The van der Waals surface area contributed by atoms with Crippen LogP contribution in [0.5, 0.6) is 0 Å². The zero-order chi connectivity index (χ0) is 16.5. The van der Waals surface area contributed by atoms with Gasteiger partial charge in [0.05, 0.1) is 0 Å². The smallest absolute Gasteiger partial charge is 0.0343 e. The molecule has 0 spiro atoms. The van der Waals surface area contributed by atoms with Gasteiger partial charge < -0.3 is 10.6 Å². The standard InChI is InChI=1S/C20H36N2/c1-15(2)7-9-17(5)21-19-11-13-20(14-12-19)22-18(6)10-8-16(3)4/h11-18,21-22H,7-10H2,1-6H3/t17-,18-/m0/s1. The zero-order valence-electron chi connectivity index (χ0n) is 15.4. The molecule has 2 nitrogen and oxygen atoms in total. The fourth-order valence-electron chi connectivity index (χ4n) is 2.54. The third-order valence-electron chi connectivity index (χ3n) is 4.07. The van der Waals surface area contributed by atoms with Gasteiger partial charge >= 0.3 is 0 Å². The summed E-state index contributed by atoms with van der Waals surface area (Å²) in [6.45, 7) is 13.7. The molecule has 1 aromatic rings. The molecule has 0 amide bonds. The largest absolute Gasteiger partial charge is 0.383 e. The molecule has 0 aliphatic heterocycles. The molecule has 0 heterocycles. The molecule has 1 aromatic carbocycles. The van der Waals surface area contributed by atoms with Gasteiger partial charge in [-0.3, -0.25) is 0 Å². The van der Waals surface area contributed by atoms with E-state index in [0.717, 1.165) is 11.8 Å². The number of benzene rings is 1. The average molecular weight is 305 g/mol. The van der Waals surface area contributed by atoms with Gasteiger partial charge in [0.25, 0.3) is 0 Å². The van der Waals surface area contributed by atoms with Gasteiger partial charge in [-0.25, -0.2) is 0 Å². The Labute approximate surface area is 138 Å². The predicted octanol–water partition coefficient (Wildman–Crippen LogP) is 6.16. The SMILES string of the molecule is CC(C)CC[C@H](C)Nc1ccc(N[C@@H](C)CCC(C)C)cc1. The minimum absolute atomic E-state index is 0.533. The summed E-state index contributed by atoms with van der Waals surface area (Å²) in [6.07, 6.45) is 5.01. The van der Waals surface area contributed by atoms with Gasteiger partial charge in [0, 0.05) is 23.5 Å². The first-order chi connectivity index (χ1) is 10.4. The fraction of sp³-hybridized carbons (Fsp3) is 0.700. The van der Waals surface area contributed by atoms with Crippen LogP contribution in [0.4, 0.5) is 11.4 Å². The van der Waals surface area contributed by atoms with Crippen molar-refractivity contribution in [3.8, 4) is 0 Å². The molecule has 1 rings (SSSR count). The predicted molar refractivity (Wildman–Crippen MR) is 101 cm³/mol. The summed E-state index contributed by atoms with van der Waals surface area (Å²) < 4.78 is 0. The van der Waals surface area contributed by atoms with Crippen LogP contribution < -0.4 is 10.6 Å². The van der Waals surface area contributed by atoms with Crippen LogP contribution in [0.25, 0.3) is 0 Å². The molecule has 0 radical (unpaired) electrons. The number of rotatable bonds is 10. The first-order valence-electron chi connectivity index (χ1n) is 9.00. The van der Waals surface area contributed by atoms with E-state index in [1.165, 1.54) is 37.1 Å². The maximum absolute atomic E-state index is 3.59. The molecule has 0 saturated heterocycles. The topological polar surface area (TPSA) is 24.1 Å². The van der Waals surface area contributed by atoms with E-state index in [2.05, 4.69) is 76.4 Å². The summed E-state index contributed by atoms with van der Waals surface area (Å²) in [4.78, 5) is 0. The number of nitrogens with one attached hydrogen (secondary N) is 2. The summed E-state index contributed by atoms with van der Waals surface area (Å²) in [5, 5.41) is 7.18. The Morgan fingerprint density at radius 1 is 0.591 bits per heavy atom. The van der Waals surface area contributed by atoms with Crippen LogP contribution in [-0.4, -0.2) is 12.1 Å². The maximum atomic E-state index is 3.59. The molecule has 0 unspecified atom stereocenters. The Morgan fingerprint density at radius 2 is 0.909 bits per heavy atom. The van der Waals surface area contributed by atoms with Gasteiger partial charge in [-0.15, -0.1) is 0 Å². The van der Waals surface area contributed by atoms with Crippen LogP contribution in [0.3, 0.4) is 0 Å². The molecule has 0 aromatic heterocycles. The van der Waals surface area contributed by atoms with E-state index in [0.29, 0.717) is 12.1 Å². The fourth-order valence-corrected chi connectivity index (χ4v) is 2.54. The van der Waals surface area contributed by atoms with Crippen molar-refractivity contribution in [2.24, 2.45) is 11.8 Å².